The molecule has 2 amide bonds. The Morgan fingerprint density at radius 2 is 1.30 bits per heavy atom. The highest BCUT2D eigenvalue weighted by Gasteiger charge is 2.12. The molecular weight excluding hydrogens is 342 g/mol. The molecule has 3 rings (SSSR count). The van der Waals surface area contributed by atoms with Crippen molar-refractivity contribution in [1.82, 2.24) is 4.98 Å². The van der Waals surface area contributed by atoms with Gasteiger partial charge in [-0.1, -0.05) is 30.3 Å². The van der Waals surface area contributed by atoms with Crippen molar-refractivity contribution in [3.63, 3.8) is 0 Å². The number of carbonyl (C=O) groups is 3. The van der Waals surface area contributed by atoms with E-state index < -0.39 is 5.91 Å². The first-order valence-electron chi connectivity index (χ1n) is 8.27. The van der Waals surface area contributed by atoms with Gasteiger partial charge in [0.15, 0.2) is 5.78 Å². The molecule has 0 unspecified atom stereocenters. The Labute approximate surface area is 156 Å². The zero-order valence-corrected chi connectivity index (χ0v) is 14.6. The van der Waals surface area contributed by atoms with E-state index in [4.69, 9.17) is 0 Å². The number of rotatable bonds is 5. The van der Waals surface area contributed by atoms with Crippen molar-refractivity contribution >= 4 is 29.0 Å². The number of anilines is 2. The summed E-state index contributed by atoms with van der Waals surface area (Å²) in [5, 5.41) is 5.45. The molecule has 0 saturated heterocycles. The third-order valence-corrected chi connectivity index (χ3v) is 3.82. The van der Waals surface area contributed by atoms with Gasteiger partial charge in [-0.2, -0.15) is 0 Å². The van der Waals surface area contributed by atoms with E-state index in [2.05, 4.69) is 15.6 Å². The van der Waals surface area contributed by atoms with Crippen LogP contribution in [0.4, 0.5) is 11.4 Å². The topological polar surface area (TPSA) is 88.2 Å². The largest absolute Gasteiger partial charge is 0.322 e. The fourth-order valence-corrected chi connectivity index (χ4v) is 2.43. The van der Waals surface area contributed by atoms with E-state index >= 15 is 0 Å². The molecule has 134 valence electrons. The van der Waals surface area contributed by atoms with Crippen LogP contribution in [0.5, 0.6) is 0 Å². The van der Waals surface area contributed by atoms with Crippen LogP contribution in [0, 0.1) is 0 Å². The summed E-state index contributed by atoms with van der Waals surface area (Å²) in [5.41, 5.74) is 2.15. The van der Waals surface area contributed by atoms with Crippen LogP contribution in [0.1, 0.15) is 38.0 Å². The fourth-order valence-electron chi connectivity index (χ4n) is 2.43. The lowest BCUT2D eigenvalue weighted by molar-refractivity contribution is 0.100. The van der Waals surface area contributed by atoms with Gasteiger partial charge in [0.25, 0.3) is 11.8 Å². The van der Waals surface area contributed by atoms with E-state index in [9.17, 15) is 14.4 Å². The average molecular weight is 359 g/mol. The third kappa shape index (κ3) is 4.64. The summed E-state index contributed by atoms with van der Waals surface area (Å²) in [5.74, 6) is -0.869. The molecule has 0 aliphatic heterocycles. The van der Waals surface area contributed by atoms with Gasteiger partial charge < -0.3 is 10.6 Å². The lowest BCUT2D eigenvalue weighted by Gasteiger charge is -2.08. The summed E-state index contributed by atoms with van der Waals surface area (Å²) >= 11 is 0. The molecule has 0 spiro atoms. The second kappa shape index (κ2) is 8.05. The third-order valence-electron chi connectivity index (χ3n) is 3.82. The van der Waals surface area contributed by atoms with Crippen LogP contribution in [0.2, 0.25) is 0 Å². The van der Waals surface area contributed by atoms with Gasteiger partial charge in [-0.05, 0) is 37.3 Å². The number of nitrogens with one attached hydrogen (secondary N) is 2. The molecule has 27 heavy (non-hydrogen) atoms. The highest BCUT2D eigenvalue weighted by atomic mass is 16.2. The second-order valence-corrected chi connectivity index (χ2v) is 5.87. The maximum atomic E-state index is 12.5. The van der Waals surface area contributed by atoms with Crippen molar-refractivity contribution in [3.8, 4) is 0 Å². The number of pyridine rings is 1. The first-order valence-corrected chi connectivity index (χ1v) is 8.27. The second-order valence-electron chi connectivity index (χ2n) is 5.87. The van der Waals surface area contributed by atoms with Crippen LogP contribution in [0.3, 0.4) is 0 Å². The molecule has 1 heterocycles. The number of hydrogen-bond donors (Lipinski definition) is 2. The lowest BCUT2D eigenvalue weighted by atomic mass is 10.1. The molecule has 0 atom stereocenters. The summed E-state index contributed by atoms with van der Waals surface area (Å²) < 4.78 is 0. The van der Waals surface area contributed by atoms with Gasteiger partial charge in [-0.3, -0.25) is 19.4 Å². The molecule has 6 heteroatoms. The van der Waals surface area contributed by atoms with Crippen LogP contribution < -0.4 is 10.6 Å². The van der Waals surface area contributed by atoms with Crippen molar-refractivity contribution in [2.75, 3.05) is 10.6 Å². The highest BCUT2D eigenvalue weighted by molar-refractivity contribution is 6.08. The first-order chi connectivity index (χ1) is 13.0. The average Bonchev–Trinajstić information content (AvgIpc) is 2.69. The number of para-hydroxylation sites is 1. The van der Waals surface area contributed by atoms with Crippen molar-refractivity contribution in [2.24, 2.45) is 0 Å². The molecule has 3 aromatic rings. The smallest absolute Gasteiger partial charge is 0.257 e. The van der Waals surface area contributed by atoms with Gasteiger partial charge in [0.2, 0.25) is 0 Å². The van der Waals surface area contributed by atoms with Crippen LogP contribution in [0.25, 0.3) is 0 Å². The quantitative estimate of drug-likeness (QED) is 0.679. The number of aromatic nitrogens is 1. The molecule has 0 bridgehead atoms. The van der Waals surface area contributed by atoms with Gasteiger partial charge in [-0.25, -0.2) is 0 Å². The maximum Gasteiger partial charge on any atom is 0.257 e. The zero-order valence-electron chi connectivity index (χ0n) is 14.6. The Morgan fingerprint density at radius 1 is 0.704 bits per heavy atom. The number of nitrogens with zero attached hydrogens (tertiary/aromatic N) is 1. The van der Waals surface area contributed by atoms with Gasteiger partial charge in [-0.15, -0.1) is 0 Å². The maximum absolute atomic E-state index is 12.5. The number of benzene rings is 2. The Morgan fingerprint density at radius 3 is 1.93 bits per heavy atom. The number of amides is 2. The minimum absolute atomic E-state index is 0.0904. The van der Waals surface area contributed by atoms with Crippen LogP contribution in [0.15, 0.2) is 73.1 Å². The SMILES string of the molecule is CC(=O)c1cccc(NC(=O)c2cncc(C(=O)Nc3ccccc3)c2)c1. The molecular formula is C21H17N3O3. The van der Waals surface area contributed by atoms with E-state index in [0.717, 1.165) is 0 Å². The standard InChI is InChI=1S/C21H17N3O3/c1-14(25)15-6-5-9-19(11-15)24-21(27)17-10-16(12-22-13-17)20(26)23-18-7-3-2-4-8-18/h2-13H,1H3,(H,23,26)(H,24,27). The molecule has 0 aliphatic rings. The molecule has 0 fully saturated rings. The van der Waals surface area contributed by atoms with E-state index in [1.807, 2.05) is 18.2 Å². The minimum atomic E-state index is -0.419. The van der Waals surface area contributed by atoms with Crippen molar-refractivity contribution in [2.45, 2.75) is 6.92 Å². The molecule has 6 nitrogen and oxygen atoms in total. The zero-order chi connectivity index (χ0) is 19.2. The molecule has 0 saturated carbocycles. The summed E-state index contributed by atoms with van der Waals surface area (Å²) in [6.45, 7) is 1.46. The summed E-state index contributed by atoms with van der Waals surface area (Å²) in [7, 11) is 0. The molecule has 2 aromatic carbocycles. The van der Waals surface area contributed by atoms with E-state index in [0.29, 0.717) is 16.9 Å². The molecule has 1 aromatic heterocycles. The summed E-state index contributed by atoms with van der Waals surface area (Å²) in [6.07, 6.45) is 2.77. The Hall–Kier alpha value is -3.80. The first kappa shape index (κ1) is 18.0. The van der Waals surface area contributed by atoms with E-state index in [1.54, 1.807) is 36.4 Å². The Bertz CT molecular complexity index is 1000. The van der Waals surface area contributed by atoms with Crippen molar-refractivity contribution in [3.05, 3.63) is 89.7 Å². The minimum Gasteiger partial charge on any atom is -0.322 e. The summed E-state index contributed by atoms with van der Waals surface area (Å²) in [4.78, 5) is 40.2. The molecule has 0 aliphatic carbocycles. The van der Waals surface area contributed by atoms with Gasteiger partial charge in [0.1, 0.15) is 0 Å². The number of hydrogen-bond acceptors (Lipinski definition) is 4. The Kier molecular flexibility index (Phi) is 5.37. The monoisotopic (exact) mass is 359 g/mol. The number of ketones is 1. The van der Waals surface area contributed by atoms with Gasteiger partial charge >= 0.3 is 0 Å². The predicted octanol–water partition coefficient (Wildman–Crippen LogP) is 3.79. The normalized spacial score (nSPS) is 10.1. The van der Waals surface area contributed by atoms with Crippen LogP contribution >= 0.6 is 0 Å². The number of Topliss-reactive ketones (excluding diaryl/α,β-unsaturated/α-hetero) is 1. The predicted molar refractivity (Wildman–Crippen MR) is 103 cm³/mol. The fraction of sp³-hybridized carbons (Fsp3) is 0.0476. The number of carbonyl (C=O) groups excluding carboxylic acids is 3. The summed E-state index contributed by atoms with van der Waals surface area (Å²) in [6, 6.07) is 17.1. The van der Waals surface area contributed by atoms with Crippen LogP contribution in [-0.2, 0) is 0 Å². The van der Waals surface area contributed by atoms with Crippen molar-refractivity contribution in [1.29, 1.82) is 0 Å². The van der Waals surface area contributed by atoms with Gasteiger partial charge in [0, 0.05) is 29.3 Å². The van der Waals surface area contributed by atoms with Crippen molar-refractivity contribution < 1.29 is 14.4 Å². The van der Waals surface area contributed by atoms with Crippen LogP contribution in [-0.4, -0.2) is 22.6 Å². The molecule has 0 radical (unpaired) electrons. The van der Waals surface area contributed by atoms with Gasteiger partial charge in [0.05, 0.1) is 11.1 Å². The Balaban J connectivity index is 1.74. The highest BCUT2D eigenvalue weighted by Crippen LogP contribution is 2.14. The lowest BCUT2D eigenvalue weighted by Crippen LogP contribution is -2.16. The van der Waals surface area contributed by atoms with E-state index in [1.165, 1.54) is 25.4 Å². The van der Waals surface area contributed by atoms with E-state index in [-0.39, 0.29) is 22.8 Å². The molecule has 2 N–H and O–H groups in total.